The third-order valence-corrected chi connectivity index (χ3v) is 3.78. The molecule has 1 aromatic rings. The molecule has 1 unspecified atom stereocenters. The number of ketones is 1. The quantitative estimate of drug-likeness (QED) is 0.674. The van der Waals surface area contributed by atoms with Crippen LogP contribution in [0.25, 0.3) is 0 Å². The molecule has 2 nitrogen and oxygen atoms in total. The summed E-state index contributed by atoms with van der Waals surface area (Å²) in [4.78, 5) is 14.9. The second-order valence-electron chi connectivity index (χ2n) is 6.29. The minimum atomic E-state index is -0.0685. The van der Waals surface area contributed by atoms with Gasteiger partial charge in [0, 0.05) is 23.1 Å². The van der Waals surface area contributed by atoms with E-state index >= 15 is 0 Å². The molecule has 0 radical (unpaired) electrons. The minimum absolute atomic E-state index is 0.0685. The largest absolute Gasteiger partial charge is 0.293 e. The van der Waals surface area contributed by atoms with Gasteiger partial charge < -0.3 is 0 Å². The molecule has 0 aliphatic rings. The Labute approximate surface area is 131 Å². The van der Waals surface area contributed by atoms with Crippen LogP contribution >= 0.6 is 15.9 Å². The van der Waals surface area contributed by atoms with Gasteiger partial charge in [-0.1, -0.05) is 55.8 Å². The van der Waals surface area contributed by atoms with E-state index in [1.54, 1.807) is 0 Å². The zero-order valence-electron chi connectivity index (χ0n) is 13.2. The van der Waals surface area contributed by atoms with Crippen molar-refractivity contribution < 1.29 is 4.79 Å². The number of Topliss-reactive ketones (excluding diaryl/α,β-unsaturated/α-hetero) is 1. The number of halogens is 1. The minimum Gasteiger partial charge on any atom is -0.293 e. The molecule has 112 valence electrons. The molecule has 0 saturated carbocycles. The smallest absolute Gasteiger partial charge is 0.179 e. The lowest BCUT2D eigenvalue weighted by Crippen LogP contribution is -2.43. The number of nitrogens with zero attached hydrogens (tertiary/aromatic N) is 1. The molecule has 0 heterocycles. The van der Waals surface area contributed by atoms with E-state index in [4.69, 9.17) is 0 Å². The van der Waals surface area contributed by atoms with Crippen LogP contribution in [-0.4, -0.2) is 29.8 Å². The summed E-state index contributed by atoms with van der Waals surface area (Å²) in [6.45, 7) is 12.7. The summed E-state index contributed by atoms with van der Waals surface area (Å²) in [6, 6.07) is 7.57. The van der Waals surface area contributed by atoms with Crippen molar-refractivity contribution in [2.45, 2.75) is 40.7 Å². The van der Waals surface area contributed by atoms with Gasteiger partial charge in [0.05, 0.1) is 6.04 Å². The van der Waals surface area contributed by atoms with Gasteiger partial charge in [-0.25, -0.2) is 0 Å². The topological polar surface area (TPSA) is 20.3 Å². The Balaban J connectivity index is 2.84. The van der Waals surface area contributed by atoms with Crippen LogP contribution in [0, 0.1) is 11.8 Å². The average Bonchev–Trinajstić information content (AvgIpc) is 2.36. The van der Waals surface area contributed by atoms with E-state index in [0.717, 1.165) is 23.1 Å². The van der Waals surface area contributed by atoms with Crippen molar-refractivity contribution in [1.82, 2.24) is 4.90 Å². The molecule has 0 spiro atoms. The number of carbonyl (C=O) groups excluding carboxylic acids is 1. The summed E-state index contributed by atoms with van der Waals surface area (Å²) < 4.78 is 1.00. The second-order valence-corrected chi connectivity index (χ2v) is 7.20. The van der Waals surface area contributed by atoms with E-state index in [-0.39, 0.29) is 11.8 Å². The lowest BCUT2D eigenvalue weighted by molar-refractivity contribution is 0.0801. The van der Waals surface area contributed by atoms with Gasteiger partial charge in [0.15, 0.2) is 5.78 Å². The van der Waals surface area contributed by atoms with Crippen molar-refractivity contribution in [2.75, 3.05) is 13.1 Å². The summed E-state index contributed by atoms with van der Waals surface area (Å²) in [5.74, 6) is 1.33. The Morgan fingerprint density at radius 2 is 1.45 bits per heavy atom. The van der Waals surface area contributed by atoms with Gasteiger partial charge in [-0.3, -0.25) is 9.69 Å². The predicted molar refractivity (Wildman–Crippen MR) is 89.2 cm³/mol. The zero-order valence-corrected chi connectivity index (χ0v) is 14.8. The molecule has 3 heteroatoms. The third kappa shape index (κ3) is 5.37. The van der Waals surface area contributed by atoms with Crippen molar-refractivity contribution in [3.8, 4) is 0 Å². The lowest BCUT2D eigenvalue weighted by Gasteiger charge is -2.31. The van der Waals surface area contributed by atoms with E-state index in [2.05, 4.69) is 48.5 Å². The Hall–Kier alpha value is -0.670. The van der Waals surface area contributed by atoms with Crippen LogP contribution in [0.3, 0.4) is 0 Å². The third-order valence-electron chi connectivity index (χ3n) is 3.26. The van der Waals surface area contributed by atoms with Crippen LogP contribution in [0.15, 0.2) is 28.7 Å². The first-order valence-electron chi connectivity index (χ1n) is 7.35. The molecule has 0 aliphatic carbocycles. The summed E-state index contributed by atoms with van der Waals surface area (Å²) in [7, 11) is 0. The maximum atomic E-state index is 12.6. The van der Waals surface area contributed by atoms with Gasteiger partial charge >= 0.3 is 0 Å². The number of rotatable bonds is 7. The SMILES string of the molecule is CC(C)CN(CC(C)C)C(C)C(=O)c1ccc(Br)cc1. The molecule has 1 rings (SSSR count). The van der Waals surface area contributed by atoms with Crippen molar-refractivity contribution in [2.24, 2.45) is 11.8 Å². The molecule has 1 atom stereocenters. The van der Waals surface area contributed by atoms with Crippen molar-refractivity contribution in [3.63, 3.8) is 0 Å². The second kappa shape index (κ2) is 7.94. The summed E-state index contributed by atoms with van der Waals surface area (Å²) in [5, 5.41) is 0. The lowest BCUT2D eigenvalue weighted by atomic mass is 10.0. The van der Waals surface area contributed by atoms with Gasteiger partial charge in [-0.2, -0.15) is 0 Å². The van der Waals surface area contributed by atoms with E-state index in [0.29, 0.717) is 11.8 Å². The van der Waals surface area contributed by atoms with Crippen molar-refractivity contribution >= 4 is 21.7 Å². The summed E-state index contributed by atoms with van der Waals surface area (Å²) in [5.41, 5.74) is 0.790. The Morgan fingerprint density at radius 3 is 1.85 bits per heavy atom. The molecule has 0 aliphatic heterocycles. The highest BCUT2D eigenvalue weighted by atomic mass is 79.9. The van der Waals surface area contributed by atoms with Crippen molar-refractivity contribution in [1.29, 1.82) is 0 Å². The monoisotopic (exact) mass is 339 g/mol. The highest BCUT2D eigenvalue weighted by Crippen LogP contribution is 2.16. The first-order chi connectivity index (χ1) is 9.31. The molecule has 0 aromatic heterocycles. The fourth-order valence-electron chi connectivity index (χ4n) is 2.35. The van der Waals surface area contributed by atoms with Crippen LogP contribution in [-0.2, 0) is 0 Å². The molecule has 0 bridgehead atoms. The first kappa shape index (κ1) is 17.4. The fourth-order valence-corrected chi connectivity index (χ4v) is 2.61. The van der Waals surface area contributed by atoms with Crippen molar-refractivity contribution in [3.05, 3.63) is 34.3 Å². The number of benzene rings is 1. The predicted octanol–water partition coefficient (Wildman–Crippen LogP) is 4.63. The van der Waals surface area contributed by atoms with E-state index in [1.165, 1.54) is 0 Å². The summed E-state index contributed by atoms with van der Waals surface area (Å²) >= 11 is 3.40. The average molecular weight is 340 g/mol. The van der Waals surface area contributed by atoms with E-state index in [1.807, 2.05) is 31.2 Å². The highest BCUT2D eigenvalue weighted by Gasteiger charge is 2.23. The first-order valence-corrected chi connectivity index (χ1v) is 8.14. The number of hydrogen-bond acceptors (Lipinski definition) is 2. The van der Waals surface area contributed by atoms with Gasteiger partial charge in [0.2, 0.25) is 0 Å². The van der Waals surface area contributed by atoms with Crippen LogP contribution in [0.4, 0.5) is 0 Å². The highest BCUT2D eigenvalue weighted by molar-refractivity contribution is 9.10. The van der Waals surface area contributed by atoms with Gasteiger partial charge in [-0.05, 0) is 30.9 Å². The van der Waals surface area contributed by atoms with Crippen LogP contribution < -0.4 is 0 Å². The number of carbonyl (C=O) groups is 1. The Bertz CT molecular complexity index is 415. The molecule has 1 aromatic carbocycles. The standard InChI is InChI=1S/C17H26BrNO/c1-12(2)10-19(11-13(3)4)14(5)17(20)15-6-8-16(18)9-7-15/h6-9,12-14H,10-11H2,1-5H3. The van der Waals surface area contributed by atoms with E-state index in [9.17, 15) is 4.79 Å². The maximum Gasteiger partial charge on any atom is 0.179 e. The van der Waals surface area contributed by atoms with Crippen LogP contribution in [0.2, 0.25) is 0 Å². The molecule has 0 saturated heterocycles. The fraction of sp³-hybridized carbons (Fsp3) is 0.588. The molecule has 0 amide bonds. The molecular weight excluding hydrogens is 314 g/mol. The van der Waals surface area contributed by atoms with Gasteiger partial charge in [0.25, 0.3) is 0 Å². The molecule has 0 fully saturated rings. The Morgan fingerprint density at radius 1 is 1.00 bits per heavy atom. The maximum absolute atomic E-state index is 12.6. The molecular formula is C17H26BrNO. The molecule has 20 heavy (non-hydrogen) atoms. The summed E-state index contributed by atoms with van der Waals surface area (Å²) in [6.07, 6.45) is 0. The number of hydrogen-bond donors (Lipinski definition) is 0. The zero-order chi connectivity index (χ0) is 15.3. The van der Waals surface area contributed by atoms with E-state index < -0.39 is 0 Å². The normalized spacial score (nSPS) is 13.2. The van der Waals surface area contributed by atoms with Crippen LogP contribution in [0.5, 0.6) is 0 Å². The van der Waals surface area contributed by atoms with Crippen LogP contribution in [0.1, 0.15) is 45.0 Å². The molecule has 0 N–H and O–H groups in total. The van der Waals surface area contributed by atoms with Gasteiger partial charge in [-0.15, -0.1) is 0 Å². The Kier molecular flexibility index (Phi) is 6.90. The van der Waals surface area contributed by atoms with Gasteiger partial charge in [0.1, 0.15) is 0 Å².